The lowest BCUT2D eigenvalue weighted by atomic mass is 10.2. The average Bonchev–Trinajstić information content (AvgIpc) is 2.72. The van der Waals surface area contributed by atoms with Gasteiger partial charge in [0.25, 0.3) is 0 Å². The SMILES string of the molecule is Cc1ccc2nc(-c3ncccc3Br)[nH]c2c1. The molecule has 0 spiro atoms. The van der Waals surface area contributed by atoms with Gasteiger partial charge in [0, 0.05) is 10.7 Å². The summed E-state index contributed by atoms with van der Waals surface area (Å²) in [6, 6.07) is 10.0. The molecule has 17 heavy (non-hydrogen) atoms. The van der Waals surface area contributed by atoms with Crippen molar-refractivity contribution < 1.29 is 0 Å². The van der Waals surface area contributed by atoms with Crippen LogP contribution >= 0.6 is 15.9 Å². The molecule has 84 valence electrons. The van der Waals surface area contributed by atoms with Gasteiger partial charge in [0.2, 0.25) is 0 Å². The summed E-state index contributed by atoms with van der Waals surface area (Å²) in [7, 11) is 0. The predicted octanol–water partition coefficient (Wildman–Crippen LogP) is 3.70. The summed E-state index contributed by atoms with van der Waals surface area (Å²) in [6.45, 7) is 2.07. The molecule has 1 N–H and O–H groups in total. The first-order valence-corrected chi connectivity index (χ1v) is 6.10. The van der Waals surface area contributed by atoms with Crippen LogP contribution in [0.2, 0.25) is 0 Å². The van der Waals surface area contributed by atoms with Crippen LogP contribution in [0.3, 0.4) is 0 Å². The zero-order valence-electron chi connectivity index (χ0n) is 9.24. The van der Waals surface area contributed by atoms with Crippen molar-refractivity contribution in [3.8, 4) is 11.5 Å². The molecule has 2 heterocycles. The Bertz CT molecular complexity index is 688. The van der Waals surface area contributed by atoms with Crippen LogP contribution in [0.25, 0.3) is 22.6 Å². The van der Waals surface area contributed by atoms with E-state index in [9.17, 15) is 0 Å². The van der Waals surface area contributed by atoms with Gasteiger partial charge in [0.1, 0.15) is 5.69 Å². The third kappa shape index (κ3) is 1.85. The van der Waals surface area contributed by atoms with E-state index in [0.29, 0.717) is 0 Å². The van der Waals surface area contributed by atoms with Crippen molar-refractivity contribution >= 4 is 27.0 Å². The Balaban J connectivity index is 2.22. The number of nitrogens with zero attached hydrogens (tertiary/aromatic N) is 2. The molecule has 3 aromatic rings. The predicted molar refractivity (Wildman–Crippen MR) is 71.8 cm³/mol. The Labute approximate surface area is 107 Å². The minimum Gasteiger partial charge on any atom is -0.337 e. The summed E-state index contributed by atoms with van der Waals surface area (Å²) >= 11 is 3.48. The molecule has 0 saturated heterocycles. The second kappa shape index (κ2) is 3.96. The second-order valence-electron chi connectivity index (χ2n) is 3.94. The Morgan fingerprint density at radius 1 is 1.24 bits per heavy atom. The molecule has 0 aliphatic heterocycles. The van der Waals surface area contributed by atoms with Crippen molar-refractivity contribution in [2.75, 3.05) is 0 Å². The van der Waals surface area contributed by atoms with Gasteiger partial charge in [-0.3, -0.25) is 4.98 Å². The van der Waals surface area contributed by atoms with Crippen LogP contribution in [-0.4, -0.2) is 15.0 Å². The van der Waals surface area contributed by atoms with Gasteiger partial charge in [-0.05, 0) is 52.7 Å². The fourth-order valence-electron chi connectivity index (χ4n) is 1.80. The summed E-state index contributed by atoms with van der Waals surface area (Å²) < 4.78 is 0.941. The first-order valence-electron chi connectivity index (χ1n) is 5.31. The van der Waals surface area contributed by atoms with E-state index in [-0.39, 0.29) is 0 Å². The number of hydrogen-bond acceptors (Lipinski definition) is 2. The lowest BCUT2D eigenvalue weighted by Gasteiger charge is -1.97. The summed E-state index contributed by atoms with van der Waals surface area (Å²) in [5, 5.41) is 0. The fraction of sp³-hybridized carbons (Fsp3) is 0.0769. The van der Waals surface area contributed by atoms with Crippen LogP contribution in [0.4, 0.5) is 0 Å². The molecule has 1 aromatic carbocycles. The molecule has 0 atom stereocenters. The molecule has 0 amide bonds. The van der Waals surface area contributed by atoms with E-state index in [1.54, 1.807) is 6.20 Å². The number of nitrogens with one attached hydrogen (secondary N) is 1. The summed E-state index contributed by atoms with van der Waals surface area (Å²) in [6.07, 6.45) is 1.76. The van der Waals surface area contributed by atoms with E-state index in [0.717, 1.165) is 27.0 Å². The monoisotopic (exact) mass is 287 g/mol. The van der Waals surface area contributed by atoms with Gasteiger partial charge in [0.05, 0.1) is 11.0 Å². The molecule has 0 unspecified atom stereocenters. The van der Waals surface area contributed by atoms with Crippen LogP contribution in [-0.2, 0) is 0 Å². The molecule has 0 radical (unpaired) electrons. The van der Waals surface area contributed by atoms with Gasteiger partial charge in [-0.25, -0.2) is 4.98 Å². The Morgan fingerprint density at radius 2 is 2.12 bits per heavy atom. The van der Waals surface area contributed by atoms with Crippen LogP contribution in [0.1, 0.15) is 5.56 Å². The number of halogens is 1. The third-order valence-corrected chi connectivity index (χ3v) is 3.26. The molecule has 4 heteroatoms. The highest BCUT2D eigenvalue weighted by atomic mass is 79.9. The number of benzene rings is 1. The highest BCUT2D eigenvalue weighted by Gasteiger charge is 2.09. The molecule has 0 aliphatic carbocycles. The number of fused-ring (bicyclic) bond motifs is 1. The van der Waals surface area contributed by atoms with Crippen LogP contribution < -0.4 is 0 Å². The molecule has 3 nitrogen and oxygen atoms in total. The molecular formula is C13H10BrN3. The van der Waals surface area contributed by atoms with Gasteiger partial charge in [-0.2, -0.15) is 0 Å². The van der Waals surface area contributed by atoms with Gasteiger partial charge in [-0.1, -0.05) is 6.07 Å². The highest BCUT2D eigenvalue weighted by molar-refractivity contribution is 9.10. The summed E-state index contributed by atoms with van der Waals surface area (Å²) in [5.41, 5.74) is 4.05. The van der Waals surface area contributed by atoms with Crippen LogP contribution in [0.15, 0.2) is 41.0 Å². The Morgan fingerprint density at radius 3 is 2.94 bits per heavy atom. The maximum absolute atomic E-state index is 4.54. The highest BCUT2D eigenvalue weighted by Crippen LogP contribution is 2.25. The van der Waals surface area contributed by atoms with Crippen molar-refractivity contribution in [3.63, 3.8) is 0 Å². The molecule has 0 fully saturated rings. The second-order valence-corrected chi connectivity index (χ2v) is 4.79. The van der Waals surface area contributed by atoms with E-state index in [1.807, 2.05) is 18.2 Å². The van der Waals surface area contributed by atoms with E-state index in [4.69, 9.17) is 0 Å². The normalized spacial score (nSPS) is 10.9. The zero-order chi connectivity index (χ0) is 11.8. The van der Waals surface area contributed by atoms with E-state index in [1.165, 1.54) is 5.56 Å². The number of hydrogen-bond donors (Lipinski definition) is 1. The smallest absolute Gasteiger partial charge is 0.158 e. The summed E-state index contributed by atoms with van der Waals surface area (Å²) in [4.78, 5) is 12.2. The lowest BCUT2D eigenvalue weighted by Crippen LogP contribution is -1.85. The molecule has 3 rings (SSSR count). The Hall–Kier alpha value is -1.68. The third-order valence-electron chi connectivity index (χ3n) is 2.62. The van der Waals surface area contributed by atoms with Gasteiger partial charge in [0.15, 0.2) is 5.82 Å². The number of imidazole rings is 1. The average molecular weight is 288 g/mol. The minimum atomic E-state index is 0.790. The fourth-order valence-corrected chi connectivity index (χ4v) is 2.24. The number of aromatic nitrogens is 3. The van der Waals surface area contributed by atoms with Crippen LogP contribution in [0, 0.1) is 6.92 Å². The molecular weight excluding hydrogens is 278 g/mol. The lowest BCUT2D eigenvalue weighted by molar-refractivity contribution is 1.22. The molecule has 0 aliphatic rings. The van der Waals surface area contributed by atoms with Gasteiger partial charge in [-0.15, -0.1) is 0 Å². The summed E-state index contributed by atoms with van der Waals surface area (Å²) in [5.74, 6) is 0.790. The van der Waals surface area contributed by atoms with E-state index < -0.39 is 0 Å². The first kappa shape index (κ1) is 10.5. The van der Waals surface area contributed by atoms with Gasteiger partial charge < -0.3 is 4.98 Å². The van der Waals surface area contributed by atoms with E-state index >= 15 is 0 Å². The van der Waals surface area contributed by atoms with Crippen LogP contribution in [0.5, 0.6) is 0 Å². The largest absolute Gasteiger partial charge is 0.337 e. The first-order chi connectivity index (χ1) is 8.24. The molecule has 0 bridgehead atoms. The number of aryl methyl sites for hydroxylation is 1. The van der Waals surface area contributed by atoms with Crippen molar-refractivity contribution in [3.05, 3.63) is 46.6 Å². The maximum atomic E-state index is 4.54. The molecule has 2 aromatic heterocycles. The zero-order valence-corrected chi connectivity index (χ0v) is 10.8. The number of aromatic amines is 1. The molecule has 0 saturated carbocycles. The van der Waals surface area contributed by atoms with Crippen molar-refractivity contribution in [1.82, 2.24) is 15.0 Å². The number of H-pyrrole nitrogens is 1. The maximum Gasteiger partial charge on any atom is 0.158 e. The number of pyridine rings is 1. The number of rotatable bonds is 1. The Kier molecular flexibility index (Phi) is 2.44. The van der Waals surface area contributed by atoms with Crippen molar-refractivity contribution in [2.45, 2.75) is 6.92 Å². The van der Waals surface area contributed by atoms with Gasteiger partial charge >= 0.3 is 0 Å². The van der Waals surface area contributed by atoms with Crippen molar-refractivity contribution in [2.24, 2.45) is 0 Å². The quantitative estimate of drug-likeness (QED) is 0.742. The van der Waals surface area contributed by atoms with Crippen molar-refractivity contribution in [1.29, 1.82) is 0 Å². The topological polar surface area (TPSA) is 41.6 Å². The van der Waals surface area contributed by atoms with E-state index in [2.05, 4.69) is 49.9 Å². The minimum absolute atomic E-state index is 0.790. The standard InChI is InChI=1S/C13H10BrN3/c1-8-4-5-10-11(7-8)17-13(16-10)12-9(14)3-2-6-15-12/h2-7H,1H3,(H,16,17).